The van der Waals surface area contributed by atoms with E-state index in [0.29, 0.717) is 28.4 Å². The van der Waals surface area contributed by atoms with Crippen molar-refractivity contribution in [3.63, 3.8) is 0 Å². The highest BCUT2D eigenvalue weighted by atomic mass is 32.1. The number of hydrogen-bond acceptors (Lipinski definition) is 6. The summed E-state index contributed by atoms with van der Waals surface area (Å²) in [6.07, 6.45) is 4.49. The lowest BCUT2D eigenvalue weighted by atomic mass is 9.89. The van der Waals surface area contributed by atoms with Gasteiger partial charge in [0.15, 0.2) is 17.3 Å². The Bertz CT molecular complexity index is 1130. The van der Waals surface area contributed by atoms with E-state index < -0.39 is 0 Å². The van der Waals surface area contributed by atoms with Gasteiger partial charge in [0.05, 0.1) is 18.3 Å². The number of thiophene rings is 1. The van der Waals surface area contributed by atoms with Crippen LogP contribution < -0.4 is 15.0 Å². The molecule has 5 rings (SSSR count). The molecule has 7 heteroatoms. The molecule has 0 spiro atoms. The first-order valence-electron chi connectivity index (χ1n) is 9.02. The second-order valence-electron chi connectivity index (χ2n) is 7.20. The SMILES string of the molecule is C[C@H]1CCc2c(sc3ncn(CC(=O)c4ccc5c(c4)OCO5)c(=O)c23)C1. The second-order valence-corrected chi connectivity index (χ2v) is 8.28. The van der Waals surface area contributed by atoms with Crippen molar-refractivity contribution >= 4 is 27.3 Å². The van der Waals surface area contributed by atoms with Crippen molar-refractivity contribution in [2.45, 2.75) is 32.7 Å². The van der Waals surface area contributed by atoms with Gasteiger partial charge in [-0.2, -0.15) is 0 Å². The topological polar surface area (TPSA) is 70.4 Å². The number of aromatic nitrogens is 2. The van der Waals surface area contributed by atoms with Crippen LogP contribution in [-0.4, -0.2) is 22.1 Å². The molecule has 6 nitrogen and oxygen atoms in total. The lowest BCUT2D eigenvalue weighted by Crippen LogP contribution is -2.25. The summed E-state index contributed by atoms with van der Waals surface area (Å²) in [6.45, 7) is 2.36. The third-order valence-electron chi connectivity index (χ3n) is 5.29. The van der Waals surface area contributed by atoms with E-state index in [2.05, 4.69) is 11.9 Å². The van der Waals surface area contributed by atoms with Gasteiger partial charge in [0, 0.05) is 10.4 Å². The standard InChI is InChI=1S/C20H18N2O4S/c1-11-2-4-13-17(6-11)27-19-18(13)20(24)22(9-21-19)8-14(23)12-3-5-15-16(7-12)26-10-25-15/h3,5,7,9,11H,2,4,6,8,10H2,1H3/t11-/m0/s1. The number of carbonyl (C=O) groups is 1. The van der Waals surface area contributed by atoms with Crippen LogP contribution >= 0.6 is 11.3 Å². The summed E-state index contributed by atoms with van der Waals surface area (Å²) in [5, 5.41) is 0.697. The molecule has 0 saturated heterocycles. The van der Waals surface area contributed by atoms with Crippen LogP contribution in [0.4, 0.5) is 0 Å². The maximum absolute atomic E-state index is 13.0. The number of carbonyl (C=O) groups excluding carboxylic acids is 1. The highest BCUT2D eigenvalue weighted by Gasteiger charge is 2.24. The summed E-state index contributed by atoms with van der Waals surface area (Å²) in [5.41, 5.74) is 1.50. The zero-order valence-electron chi connectivity index (χ0n) is 14.9. The number of rotatable bonds is 3. The largest absolute Gasteiger partial charge is 0.454 e. The molecule has 138 valence electrons. The fourth-order valence-corrected chi connectivity index (χ4v) is 5.14. The molecule has 3 aromatic rings. The zero-order valence-corrected chi connectivity index (χ0v) is 15.7. The molecule has 3 heterocycles. The molecular formula is C20H18N2O4S. The van der Waals surface area contributed by atoms with Gasteiger partial charge in [0.1, 0.15) is 4.83 Å². The van der Waals surface area contributed by atoms with E-state index in [1.165, 1.54) is 15.8 Å². The summed E-state index contributed by atoms with van der Waals surface area (Å²) >= 11 is 1.62. The Balaban J connectivity index is 1.49. The maximum Gasteiger partial charge on any atom is 0.262 e. The fraction of sp³-hybridized carbons (Fsp3) is 0.350. The molecule has 0 saturated carbocycles. The Morgan fingerprint density at radius 1 is 1.33 bits per heavy atom. The van der Waals surface area contributed by atoms with Crippen molar-refractivity contribution in [3.05, 3.63) is 50.9 Å². The van der Waals surface area contributed by atoms with E-state index in [0.717, 1.165) is 29.7 Å². The molecule has 0 radical (unpaired) electrons. The molecule has 0 unspecified atom stereocenters. The van der Waals surface area contributed by atoms with Crippen LogP contribution in [0, 0.1) is 5.92 Å². The Morgan fingerprint density at radius 3 is 3.07 bits per heavy atom. The van der Waals surface area contributed by atoms with Gasteiger partial charge in [0.25, 0.3) is 5.56 Å². The Morgan fingerprint density at radius 2 is 2.19 bits per heavy atom. The summed E-state index contributed by atoms with van der Waals surface area (Å²) in [5.74, 6) is 1.67. The lowest BCUT2D eigenvalue weighted by Gasteiger charge is -2.17. The molecule has 2 aromatic heterocycles. The average molecular weight is 382 g/mol. The van der Waals surface area contributed by atoms with Gasteiger partial charge >= 0.3 is 0 Å². The average Bonchev–Trinajstić information content (AvgIpc) is 3.27. The van der Waals surface area contributed by atoms with E-state index in [1.807, 2.05) is 0 Å². The Kier molecular flexibility index (Phi) is 3.79. The van der Waals surface area contributed by atoms with Gasteiger partial charge in [-0.3, -0.25) is 14.2 Å². The van der Waals surface area contributed by atoms with Gasteiger partial charge in [0.2, 0.25) is 6.79 Å². The predicted molar refractivity (Wildman–Crippen MR) is 102 cm³/mol. The normalized spacial score (nSPS) is 17.9. The predicted octanol–water partition coefficient (Wildman–Crippen LogP) is 3.19. The van der Waals surface area contributed by atoms with E-state index in [-0.39, 0.29) is 24.7 Å². The second kappa shape index (κ2) is 6.20. The molecule has 2 aliphatic rings. The first-order chi connectivity index (χ1) is 13.1. The number of aryl methyl sites for hydroxylation is 1. The van der Waals surface area contributed by atoms with Crippen LogP contribution in [0.25, 0.3) is 10.2 Å². The maximum atomic E-state index is 13.0. The van der Waals surface area contributed by atoms with Crippen LogP contribution in [0.1, 0.15) is 34.1 Å². The van der Waals surface area contributed by atoms with Crippen LogP contribution in [0.2, 0.25) is 0 Å². The Hall–Kier alpha value is -2.67. The van der Waals surface area contributed by atoms with Crippen LogP contribution in [0.15, 0.2) is 29.3 Å². The Labute approximate surface area is 159 Å². The quantitative estimate of drug-likeness (QED) is 0.651. The van der Waals surface area contributed by atoms with E-state index >= 15 is 0 Å². The van der Waals surface area contributed by atoms with Crippen LogP contribution in [0.3, 0.4) is 0 Å². The van der Waals surface area contributed by atoms with E-state index in [4.69, 9.17) is 9.47 Å². The third-order valence-corrected chi connectivity index (χ3v) is 6.45. The van der Waals surface area contributed by atoms with Crippen molar-refractivity contribution in [2.24, 2.45) is 5.92 Å². The van der Waals surface area contributed by atoms with Crippen molar-refractivity contribution in [1.82, 2.24) is 9.55 Å². The van der Waals surface area contributed by atoms with Gasteiger partial charge in [-0.25, -0.2) is 4.98 Å². The summed E-state index contributed by atoms with van der Waals surface area (Å²) in [6, 6.07) is 5.08. The zero-order chi connectivity index (χ0) is 18.5. The molecule has 0 fully saturated rings. The minimum atomic E-state index is -0.158. The molecule has 0 N–H and O–H groups in total. The van der Waals surface area contributed by atoms with Crippen molar-refractivity contribution in [3.8, 4) is 11.5 Å². The molecule has 1 aromatic carbocycles. The summed E-state index contributed by atoms with van der Waals surface area (Å²) in [7, 11) is 0. The summed E-state index contributed by atoms with van der Waals surface area (Å²) < 4.78 is 12.0. The number of benzene rings is 1. The number of Topliss-reactive ketones (excluding diaryl/α,β-unsaturated/α-hetero) is 1. The number of ketones is 1. The first kappa shape index (κ1) is 16.5. The van der Waals surface area contributed by atoms with Gasteiger partial charge in [-0.05, 0) is 48.9 Å². The minimum Gasteiger partial charge on any atom is -0.454 e. The van der Waals surface area contributed by atoms with Gasteiger partial charge < -0.3 is 9.47 Å². The molecule has 0 amide bonds. The molecule has 1 aliphatic heterocycles. The molecule has 1 aliphatic carbocycles. The fourth-order valence-electron chi connectivity index (χ4n) is 3.79. The summed E-state index contributed by atoms with van der Waals surface area (Å²) in [4.78, 5) is 32.2. The number of nitrogens with zero attached hydrogens (tertiary/aromatic N) is 2. The highest BCUT2D eigenvalue weighted by Crippen LogP contribution is 2.35. The third kappa shape index (κ3) is 2.73. The monoisotopic (exact) mass is 382 g/mol. The van der Waals surface area contributed by atoms with E-state index in [9.17, 15) is 9.59 Å². The number of fused-ring (bicyclic) bond motifs is 4. The van der Waals surface area contributed by atoms with Crippen LogP contribution in [-0.2, 0) is 19.4 Å². The number of hydrogen-bond donors (Lipinski definition) is 0. The highest BCUT2D eigenvalue weighted by molar-refractivity contribution is 7.18. The lowest BCUT2D eigenvalue weighted by molar-refractivity contribution is 0.0970. The smallest absolute Gasteiger partial charge is 0.262 e. The van der Waals surface area contributed by atoms with Crippen molar-refractivity contribution < 1.29 is 14.3 Å². The van der Waals surface area contributed by atoms with Crippen molar-refractivity contribution in [2.75, 3.05) is 6.79 Å². The first-order valence-corrected chi connectivity index (χ1v) is 9.84. The molecule has 1 atom stereocenters. The van der Waals surface area contributed by atoms with Gasteiger partial charge in [-0.15, -0.1) is 11.3 Å². The van der Waals surface area contributed by atoms with E-state index in [1.54, 1.807) is 29.5 Å². The minimum absolute atomic E-state index is 0.0392. The van der Waals surface area contributed by atoms with Crippen molar-refractivity contribution in [1.29, 1.82) is 0 Å². The molecular weight excluding hydrogens is 364 g/mol. The molecule has 27 heavy (non-hydrogen) atoms. The molecule has 0 bridgehead atoms. The number of ether oxygens (including phenoxy) is 2. The van der Waals surface area contributed by atoms with Crippen LogP contribution in [0.5, 0.6) is 11.5 Å². The van der Waals surface area contributed by atoms with Gasteiger partial charge in [-0.1, -0.05) is 6.92 Å².